The van der Waals surface area contributed by atoms with E-state index in [0.29, 0.717) is 30.0 Å². The first-order valence-corrected chi connectivity index (χ1v) is 9.09. The Bertz CT molecular complexity index is 840. The number of nitrogens with zero attached hydrogens (tertiary/aromatic N) is 1. The third kappa shape index (κ3) is 5.55. The van der Waals surface area contributed by atoms with Gasteiger partial charge in [-0.1, -0.05) is 11.6 Å². The van der Waals surface area contributed by atoms with E-state index >= 15 is 0 Å². The van der Waals surface area contributed by atoms with Crippen LogP contribution in [0.3, 0.4) is 0 Å². The predicted octanol–water partition coefficient (Wildman–Crippen LogP) is 3.36. The van der Waals surface area contributed by atoms with Gasteiger partial charge in [-0.15, -0.1) is 0 Å². The second-order valence-electron chi connectivity index (χ2n) is 5.51. The lowest BCUT2D eigenvalue weighted by molar-refractivity contribution is 0.261. The number of likely N-dealkylation sites (N-methyl/N-ethyl adjacent to an activating group) is 1. The summed E-state index contributed by atoms with van der Waals surface area (Å²) in [4.78, 5) is 1.40. The van der Waals surface area contributed by atoms with Crippen LogP contribution >= 0.6 is 11.6 Å². The van der Waals surface area contributed by atoms with Gasteiger partial charge in [0.25, 0.3) is 10.0 Å². The van der Waals surface area contributed by atoms with Crippen LogP contribution in [0.1, 0.15) is 0 Å². The summed E-state index contributed by atoms with van der Waals surface area (Å²) in [6, 6.07) is 6.36. The Morgan fingerprint density at radius 3 is 2.36 bits per heavy atom. The highest BCUT2D eigenvalue weighted by molar-refractivity contribution is 7.92. The third-order valence-electron chi connectivity index (χ3n) is 3.13. The first-order valence-electron chi connectivity index (χ1n) is 7.23. The van der Waals surface area contributed by atoms with Gasteiger partial charge in [-0.05, 0) is 38.4 Å². The van der Waals surface area contributed by atoms with E-state index in [9.17, 15) is 17.2 Å². The Kier molecular flexibility index (Phi) is 6.21. The van der Waals surface area contributed by atoms with E-state index in [-0.39, 0.29) is 5.69 Å². The summed E-state index contributed by atoms with van der Waals surface area (Å²) < 4.78 is 58.8. The number of halogens is 3. The van der Waals surface area contributed by atoms with Crippen molar-refractivity contribution in [3.63, 3.8) is 0 Å². The Labute approximate surface area is 150 Å². The summed E-state index contributed by atoms with van der Waals surface area (Å²) in [7, 11) is -0.394. The molecule has 0 saturated heterocycles. The van der Waals surface area contributed by atoms with Gasteiger partial charge < -0.3 is 9.64 Å². The van der Waals surface area contributed by atoms with Crippen LogP contribution in [0.25, 0.3) is 0 Å². The van der Waals surface area contributed by atoms with Crippen molar-refractivity contribution in [3.05, 3.63) is 53.1 Å². The van der Waals surface area contributed by atoms with Crippen LogP contribution < -0.4 is 9.46 Å². The normalized spacial score (nSPS) is 11.6. The van der Waals surface area contributed by atoms with Gasteiger partial charge in [0.2, 0.25) is 0 Å². The molecule has 0 aromatic heterocycles. The molecule has 0 aliphatic rings. The molecule has 2 rings (SSSR count). The SMILES string of the molecule is CN(C)CCOc1cc(NS(=O)(=O)c2cc(F)cc(F)c2)ccc1Cl. The Morgan fingerprint density at radius 1 is 1.12 bits per heavy atom. The summed E-state index contributed by atoms with van der Waals surface area (Å²) in [5, 5.41) is 0.318. The van der Waals surface area contributed by atoms with Crippen molar-refractivity contribution in [3.8, 4) is 5.75 Å². The van der Waals surface area contributed by atoms with Crippen LogP contribution in [0.4, 0.5) is 14.5 Å². The molecule has 0 heterocycles. The second kappa shape index (κ2) is 7.99. The third-order valence-corrected chi connectivity index (χ3v) is 4.80. The molecule has 5 nitrogen and oxygen atoms in total. The standard InChI is InChI=1S/C16H17ClF2N2O3S/c1-21(2)5-6-24-16-10-13(3-4-15(16)17)20-25(22,23)14-8-11(18)7-12(19)9-14/h3-4,7-10,20H,5-6H2,1-2H3. The minimum absolute atomic E-state index is 0.161. The number of sulfonamides is 1. The van der Waals surface area contributed by atoms with E-state index in [0.717, 1.165) is 12.1 Å². The average molecular weight is 391 g/mol. The van der Waals surface area contributed by atoms with Gasteiger partial charge >= 0.3 is 0 Å². The van der Waals surface area contributed by atoms with Crippen molar-refractivity contribution >= 4 is 27.3 Å². The number of rotatable bonds is 7. The molecule has 0 spiro atoms. The van der Waals surface area contributed by atoms with Gasteiger partial charge in [0, 0.05) is 18.7 Å². The molecule has 2 aromatic carbocycles. The zero-order valence-corrected chi connectivity index (χ0v) is 15.2. The van der Waals surface area contributed by atoms with Gasteiger partial charge in [-0.3, -0.25) is 4.72 Å². The molecular formula is C16H17ClF2N2O3S. The fraction of sp³-hybridized carbons (Fsp3) is 0.250. The van der Waals surface area contributed by atoms with Crippen molar-refractivity contribution in [2.75, 3.05) is 32.0 Å². The van der Waals surface area contributed by atoms with Crippen LogP contribution in [0.2, 0.25) is 5.02 Å². The second-order valence-corrected chi connectivity index (χ2v) is 7.60. The first-order chi connectivity index (χ1) is 11.7. The van der Waals surface area contributed by atoms with Gasteiger partial charge in [-0.25, -0.2) is 17.2 Å². The highest BCUT2D eigenvalue weighted by Gasteiger charge is 2.17. The van der Waals surface area contributed by atoms with E-state index < -0.39 is 26.6 Å². The topological polar surface area (TPSA) is 58.6 Å². The van der Waals surface area contributed by atoms with Gasteiger partial charge in [0.1, 0.15) is 24.0 Å². The van der Waals surface area contributed by atoms with Crippen molar-refractivity contribution in [1.29, 1.82) is 0 Å². The Hall–Kier alpha value is -1.90. The maximum Gasteiger partial charge on any atom is 0.262 e. The minimum Gasteiger partial charge on any atom is -0.491 e. The van der Waals surface area contributed by atoms with Crippen LogP contribution in [0, 0.1) is 11.6 Å². The summed E-state index contributed by atoms with van der Waals surface area (Å²) in [6.07, 6.45) is 0. The highest BCUT2D eigenvalue weighted by Crippen LogP contribution is 2.29. The van der Waals surface area contributed by atoms with Crippen LogP contribution in [-0.2, 0) is 10.0 Å². The van der Waals surface area contributed by atoms with E-state index in [1.165, 1.54) is 18.2 Å². The lowest BCUT2D eigenvalue weighted by Crippen LogP contribution is -2.19. The highest BCUT2D eigenvalue weighted by atomic mass is 35.5. The van der Waals surface area contributed by atoms with Crippen molar-refractivity contribution in [2.45, 2.75) is 4.90 Å². The number of nitrogens with one attached hydrogen (secondary N) is 1. The Morgan fingerprint density at radius 2 is 1.76 bits per heavy atom. The average Bonchev–Trinajstić information content (AvgIpc) is 2.49. The maximum atomic E-state index is 13.2. The van der Waals surface area contributed by atoms with E-state index in [4.69, 9.17) is 16.3 Å². The largest absolute Gasteiger partial charge is 0.491 e. The lowest BCUT2D eigenvalue weighted by Gasteiger charge is -2.14. The molecule has 0 radical (unpaired) electrons. The van der Waals surface area contributed by atoms with Crippen LogP contribution in [-0.4, -0.2) is 40.6 Å². The fourth-order valence-electron chi connectivity index (χ4n) is 1.91. The molecule has 0 saturated carbocycles. The molecule has 25 heavy (non-hydrogen) atoms. The van der Waals surface area contributed by atoms with E-state index in [2.05, 4.69) is 4.72 Å². The van der Waals surface area contributed by atoms with E-state index in [1.807, 2.05) is 19.0 Å². The van der Waals surface area contributed by atoms with Gasteiger partial charge in [0.05, 0.1) is 15.6 Å². The molecule has 0 unspecified atom stereocenters. The lowest BCUT2D eigenvalue weighted by atomic mass is 10.3. The first kappa shape index (κ1) is 19.4. The van der Waals surface area contributed by atoms with Gasteiger partial charge in [0.15, 0.2) is 0 Å². The van der Waals surface area contributed by atoms with Crippen molar-refractivity contribution in [2.24, 2.45) is 0 Å². The minimum atomic E-state index is -4.16. The molecule has 0 aliphatic carbocycles. The quantitative estimate of drug-likeness (QED) is 0.787. The van der Waals surface area contributed by atoms with Crippen LogP contribution in [0.5, 0.6) is 5.75 Å². The molecule has 136 valence electrons. The zero-order valence-electron chi connectivity index (χ0n) is 13.6. The summed E-state index contributed by atoms with van der Waals surface area (Å²) in [5.41, 5.74) is 0.161. The maximum absolute atomic E-state index is 13.2. The van der Waals surface area contributed by atoms with Crippen LogP contribution in [0.15, 0.2) is 41.3 Å². The monoisotopic (exact) mass is 390 g/mol. The molecule has 0 atom stereocenters. The van der Waals surface area contributed by atoms with Gasteiger partial charge in [-0.2, -0.15) is 0 Å². The number of benzene rings is 2. The molecular weight excluding hydrogens is 374 g/mol. The molecule has 9 heteroatoms. The van der Waals surface area contributed by atoms with Crippen molar-refractivity contribution in [1.82, 2.24) is 4.90 Å². The molecule has 0 amide bonds. The number of hydrogen-bond donors (Lipinski definition) is 1. The summed E-state index contributed by atoms with van der Waals surface area (Å²) in [5.74, 6) is -1.66. The Balaban J connectivity index is 2.21. The molecule has 0 bridgehead atoms. The summed E-state index contributed by atoms with van der Waals surface area (Å²) >= 11 is 6.03. The molecule has 0 aliphatic heterocycles. The smallest absolute Gasteiger partial charge is 0.262 e. The number of hydrogen-bond acceptors (Lipinski definition) is 4. The zero-order chi connectivity index (χ0) is 18.6. The fourth-order valence-corrected chi connectivity index (χ4v) is 3.18. The van der Waals surface area contributed by atoms with E-state index in [1.54, 1.807) is 0 Å². The summed E-state index contributed by atoms with van der Waals surface area (Å²) in [6.45, 7) is 1.01. The number of anilines is 1. The predicted molar refractivity (Wildman–Crippen MR) is 92.7 cm³/mol. The molecule has 0 fully saturated rings. The molecule has 1 N–H and O–H groups in total. The molecule has 2 aromatic rings. The number of ether oxygens (including phenoxy) is 1. The van der Waals surface area contributed by atoms with Crippen molar-refractivity contribution < 1.29 is 21.9 Å².